The van der Waals surface area contributed by atoms with Gasteiger partial charge in [-0.25, -0.2) is 14.2 Å². The number of phosphoric acid groups is 1. The Morgan fingerprint density at radius 2 is 1.94 bits per heavy atom. The molecule has 0 aromatic carbocycles. The van der Waals surface area contributed by atoms with Crippen molar-refractivity contribution in [2.75, 3.05) is 6.61 Å². The highest BCUT2D eigenvalue weighted by atomic mass is 31.2. The number of nitrogens with zero attached hydrogens (tertiary/aromatic N) is 1. The van der Waals surface area contributed by atoms with Crippen LogP contribution in [0.5, 0.6) is 0 Å². The summed E-state index contributed by atoms with van der Waals surface area (Å²) < 4.78 is 47.1. The van der Waals surface area contributed by atoms with Crippen LogP contribution < -0.4 is 11.2 Å². The Morgan fingerprint density at radius 1 is 1.24 bits per heavy atom. The Morgan fingerprint density at radius 3 is 2.56 bits per heavy atom. The Hall–Kier alpha value is -2.31. The van der Waals surface area contributed by atoms with Crippen molar-refractivity contribution in [1.82, 2.24) is 9.55 Å². The summed E-state index contributed by atoms with van der Waals surface area (Å²) >= 11 is 0. The van der Waals surface area contributed by atoms with E-state index in [0.717, 1.165) is 6.92 Å². The third kappa shape index (κ3) is 4.05. The molecule has 6 atom stereocenters. The van der Waals surface area contributed by atoms with Crippen LogP contribution in [0, 0.1) is 5.41 Å². The minimum absolute atomic E-state index is 0.127. The van der Waals surface area contributed by atoms with E-state index in [-0.39, 0.29) is 13.0 Å². The summed E-state index contributed by atoms with van der Waals surface area (Å²) in [5, 5.41) is 0. The summed E-state index contributed by atoms with van der Waals surface area (Å²) in [4.78, 5) is 49.3. The average molecular weight is 502 g/mol. The number of esters is 2. The van der Waals surface area contributed by atoms with E-state index in [1.165, 1.54) is 16.8 Å². The summed E-state index contributed by atoms with van der Waals surface area (Å²) in [6.07, 6.45) is -2.55. The molecule has 1 aromatic rings. The van der Waals surface area contributed by atoms with Crippen LogP contribution in [-0.2, 0) is 41.9 Å². The van der Waals surface area contributed by atoms with Gasteiger partial charge in [0.1, 0.15) is 24.0 Å². The Labute approximate surface area is 194 Å². The molecule has 3 heterocycles. The number of hydrogen-bond donors (Lipinski definition) is 1. The number of carbonyl (C=O) groups excluding carboxylic acids is 2. The normalized spacial score (nSPS) is 33.8. The fourth-order valence-corrected chi connectivity index (χ4v) is 6.35. The summed E-state index contributed by atoms with van der Waals surface area (Å²) in [5.74, 6) is -1.43. The number of hydrogen-bond acceptors (Lipinski definition) is 11. The van der Waals surface area contributed by atoms with E-state index in [9.17, 15) is 23.7 Å². The highest BCUT2D eigenvalue weighted by Gasteiger charge is 2.89. The number of aromatic amines is 1. The van der Waals surface area contributed by atoms with Gasteiger partial charge in [-0.1, -0.05) is 13.8 Å². The van der Waals surface area contributed by atoms with Crippen LogP contribution in [0.3, 0.4) is 0 Å². The van der Waals surface area contributed by atoms with Crippen molar-refractivity contribution in [3.63, 3.8) is 0 Å². The molecule has 3 aliphatic rings. The molecule has 1 unspecified atom stereocenters. The van der Waals surface area contributed by atoms with Gasteiger partial charge in [0.25, 0.3) is 5.56 Å². The molecule has 3 fully saturated rings. The first-order valence-electron chi connectivity index (χ1n) is 10.8. The first-order valence-corrected chi connectivity index (χ1v) is 12.2. The second-order valence-corrected chi connectivity index (χ2v) is 10.8. The number of aromatic nitrogens is 2. The molecule has 1 spiro atoms. The second kappa shape index (κ2) is 8.42. The number of carbonyl (C=O) groups is 2. The lowest BCUT2D eigenvalue weighted by Gasteiger charge is -2.33. The summed E-state index contributed by atoms with van der Waals surface area (Å²) in [6.45, 7) is 7.72. The minimum Gasteiger partial charge on any atom is -0.460 e. The largest absolute Gasteiger partial charge is 0.476 e. The number of ether oxygens (including phenoxy) is 3. The Balaban J connectivity index is 1.42. The van der Waals surface area contributed by atoms with Gasteiger partial charge in [0, 0.05) is 31.0 Å². The van der Waals surface area contributed by atoms with Crippen LogP contribution in [0.4, 0.5) is 0 Å². The molecule has 13 nitrogen and oxygen atoms in total. The first-order chi connectivity index (χ1) is 15.8. The lowest BCUT2D eigenvalue weighted by Crippen LogP contribution is -2.43. The second-order valence-electron chi connectivity index (χ2n) is 9.21. The summed E-state index contributed by atoms with van der Waals surface area (Å²) in [5.41, 5.74) is -3.21. The molecule has 4 rings (SSSR count). The molecule has 34 heavy (non-hydrogen) atoms. The van der Waals surface area contributed by atoms with E-state index in [1.54, 1.807) is 27.7 Å². The van der Waals surface area contributed by atoms with Crippen LogP contribution in [0.2, 0.25) is 0 Å². The Bertz CT molecular complexity index is 1160. The number of rotatable bonds is 8. The molecule has 2 saturated heterocycles. The van der Waals surface area contributed by atoms with Crippen molar-refractivity contribution >= 4 is 19.8 Å². The molecule has 1 N–H and O–H groups in total. The van der Waals surface area contributed by atoms with E-state index >= 15 is 0 Å². The standard InChI is InChI=1S/C20H27N2O11P/c1-10(2)29-16(25)12(30-11(3)23)7-9-28-34(27)32-15-14-20(15,33-34)19(4,5)17(31-14)22-8-6-13(24)21-18(22)26/h6,8,10,12,14-15,17H,7,9H2,1-5H3,(H,21,24,26)/t12-,14-,15?,17-,20-,34+/m1/s1. The Kier molecular flexibility index (Phi) is 6.14. The molecule has 1 aliphatic carbocycles. The quantitative estimate of drug-likeness (QED) is 0.399. The van der Waals surface area contributed by atoms with Crippen molar-refractivity contribution in [1.29, 1.82) is 0 Å². The number of phosphoric ester groups is 1. The van der Waals surface area contributed by atoms with Gasteiger partial charge in [0.05, 0.1) is 12.7 Å². The van der Waals surface area contributed by atoms with Crippen molar-refractivity contribution in [3.8, 4) is 0 Å². The predicted molar refractivity (Wildman–Crippen MR) is 113 cm³/mol. The predicted octanol–water partition coefficient (Wildman–Crippen LogP) is 1.03. The van der Waals surface area contributed by atoms with Crippen LogP contribution in [0.1, 0.15) is 47.3 Å². The zero-order valence-electron chi connectivity index (χ0n) is 19.3. The molecule has 0 amide bonds. The fourth-order valence-electron chi connectivity index (χ4n) is 4.50. The van der Waals surface area contributed by atoms with Crippen molar-refractivity contribution in [2.45, 2.75) is 77.3 Å². The SMILES string of the molecule is CC(=O)O[C@H](CCO[P@@]1(=O)OC2[C@H]3O[C@@H](n4ccc(=O)[nH]c4=O)C(C)(C)[C@]23O1)C(=O)OC(C)C. The van der Waals surface area contributed by atoms with Gasteiger partial charge in [0.15, 0.2) is 0 Å². The molecule has 188 valence electrons. The fraction of sp³-hybridized carbons (Fsp3) is 0.700. The molecule has 0 radical (unpaired) electrons. The molecular weight excluding hydrogens is 475 g/mol. The van der Waals surface area contributed by atoms with E-state index in [4.69, 9.17) is 27.8 Å². The van der Waals surface area contributed by atoms with E-state index in [1.807, 2.05) is 0 Å². The smallest absolute Gasteiger partial charge is 0.460 e. The van der Waals surface area contributed by atoms with Gasteiger partial charge in [-0.15, -0.1) is 0 Å². The number of fused-ring (bicyclic) bond motifs is 1. The number of H-pyrrole nitrogens is 1. The zero-order valence-corrected chi connectivity index (χ0v) is 20.2. The van der Waals surface area contributed by atoms with Gasteiger partial charge in [-0.2, -0.15) is 0 Å². The highest BCUT2D eigenvalue weighted by Crippen LogP contribution is 2.79. The molecular formula is C20H27N2O11P. The average Bonchev–Trinajstić information content (AvgIpc) is 3.03. The van der Waals surface area contributed by atoms with E-state index in [0.29, 0.717) is 0 Å². The van der Waals surface area contributed by atoms with Crippen molar-refractivity contribution in [3.05, 3.63) is 33.1 Å². The first kappa shape index (κ1) is 24.8. The van der Waals surface area contributed by atoms with Crippen LogP contribution in [0.25, 0.3) is 0 Å². The minimum atomic E-state index is -4.04. The monoisotopic (exact) mass is 502 g/mol. The molecule has 14 heteroatoms. The summed E-state index contributed by atoms with van der Waals surface area (Å²) in [7, 11) is -4.04. The van der Waals surface area contributed by atoms with Gasteiger partial charge >= 0.3 is 25.5 Å². The van der Waals surface area contributed by atoms with Crippen molar-refractivity contribution in [2.24, 2.45) is 5.41 Å². The molecule has 1 aromatic heterocycles. The highest BCUT2D eigenvalue weighted by molar-refractivity contribution is 7.48. The number of nitrogens with one attached hydrogen (secondary N) is 1. The van der Waals surface area contributed by atoms with Crippen LogP contribution >= 0.6 is 7.82 Å². The van der Waals surface area contributed by atoms with Gasteiger partial charge < -0.3 is 14.2 Å². The van der Waals surface area contributed by atoms with Crippen LogP contribution in [0.15, 0.2) is 21.9 Å². The molecule has 0 bridgehead atoms. The summed E-state index contributed by atoms with van der Waals surface area (Å²) in [6, 6.07) is 1.20. The van der Waals surface area contributed by atoms with E-state index in [2.05, 4.69) is 4.98 Å². The van der Waals surface area contributed by atoms with Crippen LogP contribution in [-0.4, -0.2) is 58.1 Å². The van der Waals surface area contributed by atoms with Gasteiger partial charge in [-0.3, -0.25) is 32.7 Å². The lowest BCUT2D eigenvalue weighted by atomic mass is 9.83. The zero-order chi connectivity index (χ0) is 25.1. The maximum Gasteiger partial charge on any atom is 0.476 e. The third-order valence-corrected chi connectivity index (χ3v) is 7.58. The van der Waals surface area contributed by atoms with E-state index < -0.39 is 72.7 Å². The molecule has 2 aliphatic heterocycles. The lowest BCUT2D eigenvalue weighted by molar-refractivity contribution is -0.170. The van der Waals surface area contributed by atoms with Crippen molar-refractivity contribution < 1.29 is 41.9 Å². The maximum atomic E-state index is 13.1. The van der Waals surface area contributed by atoms with Gasteiger partial charge in [-0.05, 0) is 13.8 Å². The maximum absolute atomic E-state index is 13.1. The molecule has 1 saturated carbocycles. The third-order valence-electron chi connectivity index (χ3n) is 6.07. The van der Waals surface area contributed by atoms with Gasteiger partial charge in [0.2, 0.25) is 6.10 Å². The topological polar surface area (TPSA) is 161 Å².